The number of Topliss-reactive ketones (excluding diaryl/α,β-unsaturated/α-hetero) is 1. The van der Waals surface area contributed by atoms with E-state index < -0.39 is 58.7 Å². The van der Waals surface area contributed by atoms with Crippen LogP contribution >= 0.6 is 0 Å². The maximum atomic E-state index is 17.5. The third kappa shape index (κ3) is 2.91. The number of pyridine rings is 1. The van der Waals surface area contributed by atoms with Crippen molar-refractivity contribution in [3.63, 3.8) is 0 Å². The Bertz CT molecular complexity index is 1320. The molecule has 2 heterocycles. The Labute approximate surface area is 220 Å². The second kappa shape index (κ2) is 8.28. The van der Waals surface area contributed by atoms with E-state index in [-0.39, 0.29) is 24.5 Å². The molecule has 8 nitrogen and oxygen atoms in total. The quantitative estimate of drug-likeness (QED) is 0.595. The predicted octanol–water partition coefficient (Wildman–Crippen LogP) is 3.71. The van der Waals surface area contributed by atoms with E-state index in [0.29, 0.717) is 29.9 Å². The number of aromatic nitrogens is 1. The summed E-state index contributed by atoms with van der Waals surface area (Å²) in [5.74, 6) is -1.23. The number of carbonyl (C=O) groups excluding carboxylic acids is 2. The van der Waals surface area contributed by atoms with Crippen molar-refractivity contribution in [3.8, 4) is 11.9 Å². The van der Waals surface area contributed by atoms with E-state index in [1.54, 1.807) is 31.3 Å². The van der Waals surface area contributed by atoms with E-state index >= 15 is 4.39 Å². The highest BCUT2D eigenvalue weighted by molar-refractivity contribution is 5.94. The summed E-state index contributed by atoms with van der Waals surface area (Å²) in [5, 5.41) is 21.1. The SMILES string of the molecule is COc1ncccc1C1O[C@@H]2C[C@H]3[C@@H]4CC=C5CC(=O)C=C[C@]5(C)[C@@]4(F)[C@@H](O)C[C@]3(C)[C@]2(C(=O)CC#N)O1. The molecule has 1 saturated heterocycles. The molecule has 0 spiro atoms. The van der Waals surface area contributed by atoms with Crippen LogP contribution in [-0.4, -0.2) is 52.2 Å². The molecule has 1 aromatic rings. The van der Waals surface area contributed by atoms with Gasteiger partial charge >= 0.3 is 0 Å². The van der Waals surface area contributed by atoms with Crippen molar-refractivity contribution in [1.82, 2.24) is 4.98 Å². The molecule has 3 fully saturated rings. The number of aliphatic hydroxyl groups is 1. The lowest BCUT2D eigenvalue weighted by Gasteiger charge is -2.62. The van der Waals surface area contributed by atoms with Gasteiger partial charge in [-0.2, -0.15) is 5.26 Å². The number of hydrogen-bond donors (Lipinski definition) is 1. The van der Waals surface area contributed by atoms with Crippen LogP contribution in [0.5, 0.6) is 5.88 Å². The van der Waals surface area contributed by atoms with E-state index in [1.807, 2.05) is 19.1 Å². The fourth-order valence-electron chi connectivity index (χ4n) is 8.46. The molecule has 4 aliphatic carbocycles. The third-order valence-corrected chi connectivity index (χ3v) is 10.2. The lowest BCUT2D eigenvalue weighted by atomic mass is 9.45. The average molecular weight is 523 g/mol. The number of fused-ring (bicyclic) bond motifs is 7. The molecule has 1 aromatic heterocycles. The standard InChI is InChI=1S/C29H31FN2O6/c1-26-10-8-17(33)13-16(26)6-7-19-20-14-23-29(21(34)9-11-31,27(20,2)15-22(35)28(19,26)30)38-25(37-23)18-5-4-12-32-24(18)36-3/h4-6,8,10,12,19-20,22-23,25,35H,7,9,13-15H2,1-3H3/t19-,20-,22-,23+,25?,26-,27-,28-,29+/m0/s1. The van der Waals surface area contributed by atoms with Crippen LogP contribution in [0.4, 0.5) is 4.39 Å². The largest absolute Gasteiger partial charge is 0.481 e. The van der Waals surface area contributed by atoms with Gasteiger partial charge < -0.3 is 19.3 Å². The summed E-state index contributed by atoms with van der Waals surface area (Å²) in [4.78, 5) is 30.1. The molecule has 1 N–H and O–H groups in total. The van der Waals surface area contributed by atoms with Crippen LogP contribution in [0.15, 0.2) is 42.1 Å². The van der Waals surface area contributed by atoms with Gasteiger partial charge in [0.05, 0.1) is 37.4 Å². The number of hydrogen-bond acceptors (Lipinski definition) is 8. The first-order valence-corrected chi connectivity index (χ1v) is 13.1. The molecule has 200 valence electrons. The number of ether oxygens (including phenoxy) is 3. The van der Waals surface area contributed by atoms with Gasteiger partial charge in [0.15, 0.2) is 29.1 Å². The number of nitrogens with zero attached hydrogens (tertiary/aromatic N) is 2. The molecule has 9 atom stereocenters. The molecular formula is C29H31FN2O6. The fraction of sp³-hybridized carbons (Fsp3) is 0.586. The molecule has 38 heavy (non-hydrogen) atoms. The highest BCUT2D eigenvalue weighted by Crippen LogP contribution is 2.72. The minimum absolute atomic E-state index is 0.0523. The van der Waals surface area contributed by atoms with E-state index in [9.17, 15) is 20.0 Å². The Hall–Kier alpha value is -2.93. The zero-order valence-electron chi connectivity index (χ0n) is 21.6. The van der Waals surface area contributed by atoms with Gasteiger partial charge in [0.2, 0.25) is 5.88 Å². The minimum atomic E-state index is -2.04. The monoisotopic (exact) mass is 522 g/mol. The van der Waals surface area contributed by atoms with Gasteiger partial charge in [0.25, 0.3) is 0 Å². The summed E-state index contributed by atoms with van der Waals surface area (Å²) in [5.41, 5.74) is -4.53. The van der Waals surface area contributed by atoms with Crippen molar-refractivity contribution in [2.75, 3.05) is 7.11 Å². The van der Waals surface area contributed by atoms with Crippen molar-refractivity contribution in [2.45, 2.75) is 75.7 Å². The van der Waals surface area contributed by atoms with Crippen molar-refractivity contribution < 1.29 is 33.3 Å². The Morgan fingerprint density at radius 2 is 2.16 bits per heavy atom. The van der Waals surface area contributed by atoms with Gasteiger partial charge in [-0.05, 0) is 50.3 Å². The number of methoxy groups -OCH3 is 1. The number of rotatable bonds is 4. The van der Waals surface area contributed by atoms with Crippen LogP contribution < -0.4 is 4.74 Å². The van der Waals surface area contributed by atoms with Gasteiger partial charge in [0, 0.05) is 29.4 Å². The van der Waals surface area contributed by atoms with Crippen LogP contribution in [0.2, 0.25) is 0 Å². The molecule has 0 bridgehead atoms. The van der Waals surface area contributed by atoms with Gasteiger partial charge in [-0.3, -0.25) is 9.59 Å². The van der Waals surface area contributed by atoms with Gasteiger partial charge in [-0.25, -0.2) is 9.37 Å². The second-order valence-corrected chi connectivity index (χ2v) is 11.7. The first-order valence-electron chi connectivity index (χ1n) is 13.1. The third-order valence-electron chi connectivity index (χ3n) is 10.2. The number of carbonyl (C=O) groups is 2. The Morgan fingerprint density at radius 1 is 1.37 bits per heavy atom. The van der Waals surface area contributed by atoms with Gasteiger partial charge in [-0.15, -0.1) is 0 Å². The highest BCUT2D eigenvalue weighted by Gasteiger charge is 2.79. The molecule has 1 unspecified atom stereocenters. The van der Waals surface area contributed by atoms with E-state index in [0.717, 1.165) is 0 Å². The van der Waals surface area contributed by atoms with Crippen molar-refractivity contribution in [1.29, 1.82) is 5.26 Å². The Kier molecular flexibility index (Phi) is 5.53. The number of aliphatic hydroxyl groups excluding tert-OH is 1. The first kappa shape index (κ1) is 25.4. The number of ketones is 2. The molecule has 5 aliphatic rings. The van der Waals surface area contributed by atoms with Crippen LogP contribution in [-0.2, 0) is 19.1 Å². The normalized spacial score (nSPS) is 44.8. The van der Waals surface area contributed by atoms with Crippen LogP contribution in [0.25, 0.3) is 0 Å². The van der Waals surface area contributed by atoms with Crippen molar-refractivity contribution in [2.24, 2.45) is 22.7 Å². The number of allylic oxidation sites excluding steroid dienone is 4. The summed E-state index contributed by atoms with van der Waals surface area (Å²) < 4.78 is 35.8. The summed E-state index contributed by atoms with van der Waals surface area (Å²) in [7, 11) is 1.48. The molecule has 1 aliphatic heterocycles. The van der Waals surface area contributed by atoms with Crippen molar-refractivity contribution >= 4 is 11.6 Å². The zero-order chi connectivity index (χ0) is 27.1. The molecule has 6 rings (SSSR count). The predicted molar refractivity (Wildman–Crippen MR) is 131 cm³/mol. The number of alkyl halides is 1. The molecule has 2 saturated carbocycles. The first-order chi connectivity index (χ1) is 18.1. The lowest BCUT2D eigenvalue weighted by molar-refractivity contribution is -0.226. The molecular weight excluding hydrogens is 491 g/mol. The Balaban J connectivity index is 1.45. The zero-order valence-corrected chi connectivity index (χ0v) is 21.6. The maximum absolute atomic E-state index is 17.5. The average Bonchev–Trinajstić information content (AvgIpc) is 3.39. The number of nitriles is 1. The summed E-state index contributed by atoms with van der Waals surface area (Å²) in [6.07, 6.45) is 3.73. The highest BCUT2D eigenvalue weighted by atomic mass is 19.1. The lowest BCUT2D eigenvalue weighted by Crippen LogP contribution is -2.69. The topological polar surface area (TPSA) is 119 Å². The molecule has 9 heteroatoms. The van der Waals surface area contributed by atoms with E-state index in [1.165, 1.54) is 13.2 Å². The summed E-state index contributed by atoms with van der Waals surface area (Å²) in [6, 6.07) is 5.41. The summed E-state index contributed by atoms with van der Waals surface area (Å²) in [6.45, 7) is 3.62. The Morgan fingerprint density at radius 3 is 2.89 bits per heavy atom. The smallest absolute Gasteiger partial charge is 0.221 e. The summed E-state index contributed by atoms with van der Waals surface area (Å²) >= 11 is 0. The molecule has 0 aromatic carbocycles. The van der Waals surface area contributed by atoms with E-state index in [4.69, 9.17) is 14.2 Å². The van der Waals surface area contributed by atoms with Gasteiger partial charge in [0.1, 0.15) is 0 Å². The van der Waals surface area contributed by atoms with Crippen LogP contribution in [0.1, 0.15) is 57.8 Å². The van der Waals surface area contributed by atoms with Crippen molar-refractivity contribution in [3.05, 3.63) is 47.7 Å². The van der Waals surface area contributed by atoms with Crippen LogP contribution in [0.3, 0.4) is 0 Å². The van der Waals surface area contributed by atoms with E-state index in [2.05, 4.69) is 4.98 Å². The van der Waals surface area contributed by atoms with Crippen LogP contribution in [0, 0.1) is 34.0 Å². The van der Waals surface area contributed by atoms with Gasteiger partial charge in [-0.1, -0.05) is 24.6 Å². The molecule has 0 radical (unpaired) electrons. The second-order valence-electron chi connectivity index (χ2n) is 11.7. The maximum Gasteiger partial charge on any atom is 0.221 e. The minimum Gasteiger partial charge on any atom is -0.481 e. The molecule has 0 amide bonds. The number of halogens is 1. The fourth-order valence-corrected chi connectivity index (χ4v) is 8.46.